The molecule has 1 aromatic heterocycles. The fourth-order valence-corrected chi connectivity index (χ4v) is 5.58. The Balaban J connectivity index is 1.24. The van der Waals surface area contributed by atoms with E-state index in [0.29, 0.717) is 43.4 Å². The van der Waals surface area contributed by atoms with Crippen molar-refractivity contribution >= 4 is 17.7 Å². The average Bonchev–Trinajstić information content (AvgIpc) is 3.51. The first-order chi connectivity index (χ1) is 17.4. The number of amides is 2. The molecule has 3 heterocycles. The normalized spacial score (nSPS) is 21.7. The summed E-state index contributed by atoms with van der Waals surface area (Å²) in [6.07, 6.45) is 1.13. The van der Waals surface area contributed by atoms with Crippen molar-refractivity contribution in [1.82, 2.24) is 9.47 Å². The minimum Gasteiger partial charge on any atom is -0.465 e. The molecule has 2 aliphatic heterocycles. The van der Waals surface area contributed by atoms with Gasteiger partial charge in [-0.05, 0) is 61.4 Å². The summed E-state index contributed by atoms with van der Waals surface area (Å²) in [6.45, 7) is 0. The summed E-state index contributed by atoms with van der Waals surface area (Å²) < 4.78 is 1.56. The number of pyridine rings is 1. The van der Waals surface area contributed by atoms with Crippen molar-refractivity contribution in [3.8, 4) is 0 Å². The van der Waals surface area contributed by atoms with Gasteiger partial charge < -0.3 is 20.1 Å². The highest BCUT2D eigenvalue weighted by atomic mass is 16.4. The fraction of sp³-hybridized carbons (Fsp3) is 0.321. The summed E-state index contributed by atoms with van der Waals surface area (Å²) in [4.78, 5) is 38.6. The van der Waals surface area contributed by atoms with Gasteiger partial charge in [-0.2, -0.15) is 0 Å². The van der Waals surface area contributed by atoms with Crippen LogP contribution in [0, 0.1) is 0 Å². The van der Waals surface area contributed by atoms with Crippen LogP contribution in [0.5, 0.6) is 0 Å². The number of benzene rings is 2. The van der Waals surface area contributed by atoms with E-state index in [0.717, 1.165) is 11.3 Å². The Morgan fingerprint density at radius 1 is 0.944 bits per heavy atom. The standard InChI is InChI=1S/C28H29N3O5/c32-25-8-4-7-21-13-16-24(30(21)25)27(34)29-20-11-9-18(10-12-20)17-22-14-15-23(31(22)28(35)36)26(33)19-5-2-1-3-6-19/h1-12,22-24,26,33H,13-17H2,(H,29,34)(H,35,36)/t22-,23+,24-,26?/m0/s1. The van der Waals surface area contributed by atoms with Crippen LogP contribution in [0.15, 0.2) is 77.6 Å². The molecule has 1 saturated heterocycles. The molecule has 4 atom stereocenters. The molecule has 1 fully saturated rings. The zero-order chi connectivity index (χ0) is 25.2. The molecule has 8 nitrogen and oxygen atoms in total. The molecule has 36 heavy (non-hydrogen) atoms. The number of rotatable bonds is 6. The molecule has 2 amide bonds. The molecule has 0 spiro atoms. The number of nitrogens with zero attached hydrogens (tertiary/aromatic N) is 2. The number of carboxylic acid groups (broad SMARTS) is 1. The second-order valence-corrected chi connectivity index (χ2v) is 9.51. The summed E-state index contributed by atoms with van der Waals surface area (Å²) in [5.41, 5.74) is 2.98. The molecule has 5 rings (SSSR count). The van der Waals surface area contributed by atoms with E-state index in [1.54, 1.807) is 22.8 Å². The van der Waals surface area contributed by atoms with Gasteiger partial charge in [-0.1, -0.05) is 48.5 Å². The Hall–Kier alpha value is -3.91. The predicted octanol–water partition coefficient (Wildman–Crippen LogP) is 3.76. The first-order valence-corrected chi connectivity index (χ1v) is 12.3. The number of fused-ring (bicyclic) bond motifs is 1. The number of aryl methyl sites for hydroxylation is 1. The Kier molecular flexibility index (Phi) is 6.61. The third kappa shape index (κ3) is 4.64. The number of nitrogens with one attached hydrogen (secondary N) is 1. The summed E-state index contributed by atoms with van der Waals surface area (Å²) in [5, 5.41) is 23.7. The number of carbonyl (C=O) groups is 2. The molecule has 3 aromatic rings. The van der Waals surface area contributed by atoms with Crippen LogP contribution < -0.4 is 10.9 Å². The van der Waals surface area contributed by atoms with Crippen LogP contribution in [0.4, 0.5) is 10.5 Å². The smallest absolute Gasteiger partial charge is 0.407 e. The molecule has 8 heteroatoms. The van der Waals surface area contributed by atoms with Crippen molar-refractivity contribution in [2.45, 2.75) is 56.3 Å². The lowest BCUT2D eigenvalue weighted by Gasteiger charge is -2.31. The maximum atomic E-state index is 12.9. The van der Waals surface area contributed by atoms with Crippen molar-refractivity contribution in [2.24, 2.45) is 0 Å². The number of likely N-dealkylation sites (tertiary alicyclic amines) is 1. The van der Waals surface area contributed by atoms with Crippen LogP contribution in [0.2, 0.25) is 0 Å². The summed E-state index contributed by atoms with van der Waals surface area (Å²) in [5.74, 6) is -0.222. The number of hydrogen-bond donors (Lipinski definition) is 3. The minimum absolute atomic E-state index is 0.171. The van der Waals surface area contributed by atoms with E-state index in [4.69, 9.17) is 0 Å². The summed E-state index contributed by atoms with van der Waals surface area (Å²) in [6, 6.07) is 20.3. The van der Waals surface area contributed by atoms with E-state index in [9.17, 15) is 24.6 Å². The Morgan fingerprint density at radius 3 is 2.42 bits per heavy atom. The van der Waals surface area contributed by atoms with Crippen molar-refractivity contribution in [3.05, 3.63) is 100.0 Å². The van der Waals surface area contributed by atoms with Crippen molar-refractivity contribution in [2.75, 3.05) is 5.32 Å². The van der Waals surface area contributed by atoms with Crippen LogP contribution in [0.1, 0.15) is 48.2 Å². The monoisotopic (exact) mass is 487 g/mol. The fourth-order valence-electron chi connectivity index (χ4n) is 5.58. The van der Waals surface area contributed by atoms with Gasteiger partial charge in [-0.15, -0.1) is 0 Å². The second-order valence-electron chi connectivity index (χ2n) is 9.51. The van der Waals surface area contributed by atoms with E-state index in [1.807, 2.05) is 48.5 Å². The lowest BCUT2D eigenvalue weighted by atomic mass is 10.0. The highest BCUT2D eigenvalue weighted by Crippen LogP contribution is 2.35. The van der Waals surface area contributed by atoms with Crippen molar-refractivity contribution < 1.29 is 19.8 Å². The Labute approximate surface area is 208 Å². The third-order valence-electron chi connectivity index (χ3n) is 7.33. The first kappa shape index (κ1) is 23.8. The summed E-state index contributed by atoms with van der Waals surface area (Å²) in [7, 11) is 0. The molecular weight excluding hydrogens is 458 g/mol. The molecule has 0 saturated carbocycles. The van der Waals surface area contributed by atoms with E-state index < -0.39 is 24.3 Å². The topological polar surface area (TPSA) is 112 Å². The van der Waals surface area contributed by atoms with E-state index >= 15 is 0 Å². The van der Waals surface area contributed by atoms with Crippen molar-refractivity contribution in [3.63, 3.8) is 0 Å². The average molecular weight is 488 g/mol. The van der Waals surface area contributed by atoms with Crippen LogP contribution in [0.3, 0.4) is 0 Å². The molecule has 3 N–H and O–H groups in total. The Morgan fingerprint density at radius 2 is 1.69 bits per heavy atom. The SMILES string of the molecule is O=C(Nc1ccc(C[C@@H]2CC[C@H](C(O)c3ccccc3)N2C(=O)O)cc1)[C@@H]1CCc2cccc(=O)n21. The lowest BCUT2D eigenvalue weighted by Crippen LogP contribution is -2.44. The van der Waals surface area contributed by atoms with Gasteiger partial charge >= 0.3 is 6.09 Å². The molecule has 0 bridgehead atoms. The molecule has 0 aliphatic carbocycles. The largest absolute Gasteiger partial charge is 0.465 e. The zero-order valence-corrected chi connectivity index (χ0v) is 19.8. The number of anilines is 1. The number of aliphatic hydroxyl groups excluding tert-OH is 1. The first-order valence-electron chi connectivity index (χ1n) is 12.3. The molecule has 2 aliphatic rings. The van der Waals surface area contributed by atoms with Crippen LogP contribution in [-0.2, 0) is 17.6 Å². The van der Waals surface area contributed by atoms with Gasteiger partial charge in [0, 0.05) is 23.5 Å². The van der Waals surface area contributed by atoms with Gasteiger partial charge in [0.25, 0.3) is 5.56 Å². The third-order valence-corrected chi connectivity index (χ3v) is 7.33. The molecule has 1 unspecified atom stereocenters. The van der Waals surface area contributed by atoms with E-state index in [1.165, 1.54) is 11.0 Å². The quantitative estimate of drug-likeness (QED) is 0.490. The maximum Gasteiger partial charge on any atom is 0.407 e. The number of hydrogen-bond acceptors (Lipinski definition) is 4. The van der Waals surface area contributed by atoms with E-state index in [-0.39, 0.29) is 17.5 Å². The predicted molar refractivity (Wildman–Crippen MR) is 135 cm³/mol. The van der Waals surface area contributed by atoms with Gasteiger partial charge in [0.2, 0.25) is 5.91 Å². The summed E-state index contributed by atoms with van der Waals surface area (Å²) >= 11 is 0. The lowest BCUT2D eigenvalue weighted by molar-refractivity contribution is -0.119. The number of carbonyl (C=O) groups excluding carboxylic acids is 1. The molecule has 0 radical (unpaired) electrons. The molecule has 186 valence electrons. The number of aromatic nitrogens is 1. The van der Waals surface area contributed by atoms with E-state index in [2.05, 4.69) is 5.32 Å². The molecular formula is C28H29N3O5. The van der Waals surface area contributed by atoms with Gasteiger partial charge in [0.1, 0.15) is 6.04 Å². The van der Waals surface area contributed by atoms with Crippen LogP contribution in [-0.4, -0.2) is 43.8 Å². The van der Waals surface area contributed by atoms with Gasteiger partial charge in [0.15, 0.2) is 0 Å². The second kappa shape index (κ2) is 9.99. The minimum atomic E-state index is -1.03. The highest BCUT2D eigenvalue weighted by molar-refractivity contribution is 5.94. The highest BCUT2D eigenvalue weighted by Gasteiger charge is 2.41. The van der Waals surface area contributed by atoms with Gasteiger partial charge in [-0.25, -0.2) is 4.79 Å². The molecule has 2 aromatic carbocycles. The van der Waals surface area contributed by atoms with Crippen molar-refractivity contribution in [1.29, 1.82) is 0 Å². The maximum absolute atomic E-state index is 12.9. The van der Waals surface area contributed by atoms with Gasteiger partial charge in [-0.3, -0.25) is 14.5 Å². The van der Waals surface area contributed by atoms with Crippen LogP contribution in [0.25, 0.3) is 0 Å². The number of aliphatic hydroxyl groups is 1. The van der Waals surface area contributed by atoms with Gasteiger partial charge in [0.05, 0.1) is 12.1 Å². The zero-order valence-electron chi connectivity index (χ0n) is 19.8. The Bertz CT molecular complexity index is 1300. The van der Waals surface area contributed by atoms with Crippen LogP contribution >= 0.6 is 0 Å².